The lowest BCUT2D eigenvalue weighted by atomic mass is 9.99. The number of ether oxygens (including phenoxy) is 1. The lowest BCUT2D eigenvalue weighted by Crippen LogP contribution is -2.24. The summed E-state index contributed by atoms with van der Waals surface area (Å²) in [6.07, 6.45) is 5.06. The second kappa shape index (κ2) is 11.8. The van der Waals surface area contributed by atoms with Gasteiger partial charge in [0.2, 0.25) is 5.91 Å². The summed E-state index contributed by atoms with van der Waals surface area (Å²) in [4.78, 5) is 20.0. The van der Waals surface area contributed by atoms with E-state index in [1.54, 1.807) is 0 Å². The summed E-state index contributed by atoms with van der Waals surface area (Å²) in [5.74, 6) is 2.61. The summed E-state index contributed by atoms with van der Waals surface area (Å²) < 4.78 is 8.39. The van der Waals surface area contributed by atoms with Crippen LogP contribution in [0, 0.1) is 0 Å². The average Bonchev–Trinajstić information content (AvgIpc) is 3.52. The fraction of sp³-hybridized carbons (Fsp3) is 0.394. The van der Waals surface area contributed by atoms with Crippen molar-refractivity contribution in [2.45, 2.75) is 71.3 Å². The highest BCUT2D eigenvalue weighted by Crippen LogP contribution is 2.33. The molecule has 2 atom stereocenters. The molecule has 2 heterocycles. The highest BCUT2D eigenvalue weighted by Gasteiger charge is 2.34. The second-order valence-electron chi connectivity index (χ2n) is 10.5. The zero-order valence-corrected chi connectivity index (χ0v) is 22.9. The molecule has 2 unspecified atom stereocenters. The molecule has 1 aliphatic rings. The molecule has 1 fully saturated rings. The molecule has 0 aliphatic carbocycles. The van der Waals surface area contributed by atoms with Crippen molar-refractivity contribution in [3.63, 3.8) is 0 Å². The molecule has 5 rings (SSSR count). The molecule has 3 aromatic carbocycles. The molecule has 1 aliphatic heterocycles. The van der Waals surface area contributed by atoms with Crippen LogP contribution in [0.25, 0.3) is 11.0 Å². The largest absolute Gasteiger partial charge is 0.492 e. The summed E-state index contributed by atoms with van der Waals surface area (Å²) in [5, 5.41) is 0. The molecular formula is C33H39N3O2. The number of fused-ring (bicyclic) bond motifs is 1. The van der Waals surface area contributed by atoms with Crippen LogP contribution < -0.4 is 9.64 Å². The van der Waals surface area contributed by atoms with Gasteiger partial charge in [-0.25, -0.2) is 4.98 Å². The maximum absolute atomic E-state index is 13.1. The summed E-state index contributed by atoms with van der Waals surface area (Å²) in [6, 6.07) is 25.2. The third-order valence-corrected chi connectivity index (χ3v) is 7.89. The fourth-order valence-corrected chi connectivity index (χ4v) is 5.38. The van der Waals surface area contributed by atoms with Gasteiger partial charge in [-0.15, -0.1) is 0 Å². The van der Waals surface area contributed by atoms with E-state index in [4.69, 9.17) is 9.72 Å². The summed E-state index contributed by atoms with van der Waals surface area (Å²) in [6.45, 7) is 8.54. The minimum absolute atomic E-state index is 0.0458. The smallest absolute Gasteiger partial charge is 0.227 e. The predicted molar refractivity (Wildman–Crippen MR) is 155 cm³/mol. The van der Waals surface area contributed by atoms with Gasteiger partial charge in [0.05, 0.1) is 17.6 Å². The Balaban J connectivity index is 1.31. The molecule has 0 bridgehead atoms. The number of aryl methyl sites for hydroxylation is 1. The number of carbonyl (C=O) groups is 1. The van der Waals surface area contributed by atoms with Gasteiger partial charge in [0.25, 0.3) is 0 Å². The number of amides is 1. The highest BCUT2D eigenvalue weighted by molar-refractivity contribution is 5.96. The number of hydrogen-bond acceptors (Lipinski definition) is 3. The van der Waals surface area contributed by atoms with Crippen LogP contribution in [0.5, 0.6) is 5.75 Å². The van der Waals surface area contributed by atoms with Crippen molar-refractivity contribution in [1.82, 2.24) is 9.55 Å². The summed E-state index contributed by atoms with van der Waals surface area (Å²) >= 11 is 0. The van der Waals surface area contributed by atoms with Crippen LogP contribution in [-0.4, -0.2) is 28.6 Å². The fourth-order valence-electron chi connectivity index (χ4n) is 5.38. The van der Waals surface area contributed by atoms with Crippen LogP contribution in [0.1, 0.15) is 75.2 Å². The van der Waals surface area contributed by atoms with Crippen molar-refractivity contribution in [1.29, 1.82) is 0 Å². The first kappa shape index (κ1) is 26.0. The lowest BCUT2D eigenvalue weighted by Gasteiger charge is -2.18. The average molecular weight is 510 g/mol. The molecule has 1 amide bonds. The molecule has 38 heavy (non-hydrogen) atoms. The molecule has 0 saturated carbocycles. The molecule has 5 nitrogen and oxygen atoms in total. The number of para-hydroxylation sites is 2. The van der Waals surface area contributed by atoms with Gasteiger partial charge in [0, 0.05) is 24.6 Å². The number of imidazole rings is 1. The van der Waals surface area contributed by atoms with Crippen LogP contribution in [0.4, 0.5) is 5.69 Å². The molecule has 0 radical (unpaired) electrons. The Labute approximate surface area is 226 Å². The van der Waals surface area contributed by atoms with E-state index < -0.39 is 0 Å². The van der Waals surface area contributed by atoms with E-state index in [9.17, 15) is 4.79 Å². The number of unbranched alkanes of at least 4 members (excludes halogenated alkanes) is 1. The van der Waals surface area contributed by atoms with Crippen LogP contribution in [0.15, 0.2) is 72.8 Å². The Morgan fingerprint density at radius 3 is 2.50 bits per heavy atom. The number of aromatic nitrogens is 2. The van der Waals surface area contributed by atoms with Gasteiger partial charge < -0.3 is 14.2 Å². The van der Waals surface area contributed by atoms with E-state index >= 15 is 0 Å². The van der Waals surface area contributed by atoms with Gasteiger partial charge in [0.15, 0.2) is 0 Å². The molecule has 5 heteroatoms. The number of rotatable bonds is 11. The molecular weight excluding hydrogens is 470 g/mol. The maximum Gasteiger partial charge on any atom is 0.227 e. The number of benzene rings is 3. The molecule has 4 aromatic rings. The zero-order chi connectivity index (χ0) is 26.5. The van der Waals surface area contributed by atoms with Crippen molar-refractivity contribution in [2.75, 3.05) is 18.1 Å². The lowest BCUT2D eigenvalue weighted by molar-refractivity contribution is -0.117. The zero-order valence-electron chi connectivity index (χ0n) is 22.9. The van der Waals surface area contributed by atoms with Crippen LogP contribution in [0.3, 0.4) is 0 Å². The predicted octanol–water partition coefficient (Wildman–Crippen LogP) is 7.49. The first-order valence-corrected chi connectivity index (χ1v) is 14.1. The van der Waals surface area contributed by atoms with Crippen molar-refractivity contribution in [3.05, 3.63) is 89.7 Å². The van der Waals surface area contributed by atoms with E-state index in [2.05, 4.69) is 79.9 Å². The number of nitrogens with zero attached hydrogens (tertiary/aromatic N) is 3. The minimum Gasteiger partial charge on any atom is -0.492 e. The Morgan fingerprint density at radius 1 is 1.00 bits per heavy atom. The molecule has 1 saturated heterocycles. The third kappa shape index (κ3) is 5.62. The normalized spacial score (nSPS) is 16.3. The number of hydrogen-bond donors (Lipinski definition) is 0. The summed E-state index contributed by atoms with van der Waals surface area (Å²) in [7, 11) is 0. The minimum atomic E-state index is 0.0458. The third-order valence-electron chi connectivity index (χ3n) is 7.89. The quantitative estimate of drug-likeness (QED) is 0.210. The second-order valence-corrected chi connectivity index (χ2v) is 10.5. The van der Waals surface area contributed by atoms with Crippen molar-refractivity contribution < 1.29 is 9.53 Å². The van der Waals surface area contributed by atoms with Crippen molar-refractivity contribution >= 4 is 22.6 Å². The Kier molecular flexibility index (Phi) is 8.11. The van der Waals surface area contributed by atoms with Crippen molar-refractivity contribution in [3.8, 4) is 5.75 Å². The van der Waals surface area contributed by atoms with E-state index in [0.29, 0.717) is 32.0 Å². The summed E-state index contributed by atoms with van der Waals surface area (Å²) in [5.41, 5.74) is 5.70. The van der Waals surface area contributed by atoms with E-state index in [1.165, 1.54) is 24.0 Å². The highest BCUT2D eigenvalue weighted by atomic mass is 16.5. The molecule has 198 valence electrons. The SMILES string of the molecule is CCCCc1ccc(N2CC(c3nc4ccccc4n3CCOc3ccc(C(C)CC)cc3)CC2=O)cc1. The topological polar surface area (TPSA) is 47.4 Å². The van der Waals surface area contributed by atoms with E-state index in [1.807, 2.05) is 23.1 Å². The Hall–Kier alpha value is -3.60. The van der Waals surface area contributed by atoms with Gasteiger partial charge in [-0.1, -0.05) is 63.6 Å². The molecule has 1 aromatic heterocycles. The molecule has 0 N–H and O–H groups in total. The Morgan fingerprint density at radius 2 is 1.76 bits per heavy atom. The van der Waals surface area contributed by atoms with E-state index in [0.717, 1.165) is 41.1 Å². The first-order valence-electron chi connectivity index (χ1n) is 14.1. The number of carbonyl (C=O) groups excluding carboxylic acids is 1. The van der Waals surface area contributed by atoms with Gasteiger partial charge in [0.1, 0.15) is 18.2 Å². The van der Waals surface area contributed by atoms with Gasteiger partial charge >= 0.3 is 0 Å². The first-order chi connectivity index (χ1) is 18.6. The van der Waals surface area contributed by atoms with Crippen LogP contribution >= 0.6 is 0 Å². The van der Waals surface area contributed by atoms with Gasteiger partial charge in [-0.2, -0.15) is 0 Å². The molecule has 0 spiro atoms. The van der Waals surface area contributed by atoms with Crippen LogP contribution in [-0.2, 0) is 17.8 Å². The van der Waals surface area contributed by atoms with Crippen LogP contribution in [0.2, 0.25) is 0 Å². The van der Waals surface area contributed by atoms with Gasteiger partial charge in [-0.05, 0) is 72.7 Å². The number of anilines is 1. The Bertz CT molecular complexity index is 1360. The van der Waals surface area contributed by atoms with Gasteiger partial charge in [-0.3, -0.25) is 4.79 Å². The maximum atomic E-state index is 13.1. The van der Waals surface area contributed by atoms with Crippen molar-refractivity contribution in [2.24, 2.45) is 0 Å². The standard InChI is InChI=1S/C33H39N3O2/c1-4-6-9-25-12-16-28(17-13-25)36-23-27(22-32(36)37)33-34-30-10-7-8-11-31(30)35(33)20-21-38-29-18-14-26(15-19-29)24(3)5-2/h7-8,10-19,24,27H,4-6,9,20-23H2,1-3H3. The van der Waals surface area contributed by atoms with E-state index in [-0.39, 0.29) is 11.8 Å². The monoisotopic (exact) mass is 509 g/mol.